The zero-order valence-corrected chi connectivity index (χ0v) is 11.1. The van der Waals surface area contributed by atoms with Crippen molar-refractivity contribution < 1.29 is 19.4 Å². The van der Waals surface area contributed by atoms with Gasteiger partial charge in [0, 0.05) is 12.7 Å². The molecule has 1 unspecified atom stereocenters. The number of ether oxygens (including phenoxy) is 2. The number of carbonyl (C=O) groups is 1. The van der Waals surface area contributed by atoms with Crippen molar-refractivity contribution in [3.63, 3.8) is 0 Å². The molecule has 1 aromatic rings. The minimum atomic E-state index is -0.826. The summed E-state index contributed by atoms with van der Waals surface area (Å²) in [6, 6.07) is 7.27. The molecule has 1 atom stereocenters. The van der Waals surface area contributed by atoms with Gasteiger partial charge in [0.2, 0.25) is 0 Å². The highest BCUT2D eigenvalue weighted by Gasteiger charge is 2.26. The number of carboxylic acids is 1. The van der Waals surface area contributed by atoms with Crippen LogP contribution in [-0.2, 0) is 9.53 Å². The van der Waals surface area contributed by atoms with E-state index in [-0.39, 0.29) is 5.92 Å². The van der Waals surface area contributed by atoms with Crippen LogP contribution in [0.1, 0.15) is 25.3 Å². The predicted molar refractivity (Wildman–Crippen MR) is 69.0 cm³/mol. The van der Waals surface area contributed by atoms with Crippen molar-refractivity contribution in [3.8, 4) is 5.75 Å². The van der Waals surface area contributed by atoms with Crippen molar-refractivity contribution in [2.24, 2.45) is 5.92 Å². The summed E-state index contributed by atoms with van der Waals surface area (Å²) in [6.07, 6.45) is 0. The summed E-state index contributed by atoms with van der Waals surface area (Å²) in [5, 5.41) is 9.31. The normalized spacial score (nSPS) is 12.4. The van der Waals surface area contributed by atoms with Crippen molar-refractivity contribution in [2.45, 2.75) is 19.8 Å². The summed E-state index contributed by atoms with van der Waals surface area (Å²) in [4.78, 5) is 11.3. The second-order valence-corrected chi connectivity index (χ2v) is 4.44. The third-order valence-electron chi connectivity index (χ3n) is 2.73. The molecule has 0 spiro atoms. The van der Waals surface area contributed by atoms with E-state index in [9.17, 15) is 9.90 Å². The van der Waals surface area contributed by atoms with Gasteiger partial charge in [-0.3, -0.25) is 4.79 Å². The fourth-order valence-electron chi connectivity index (χ4n) is 1.88. The molecular formula is C14H20O4. The number of para-hydroxylation sites is 1. The molecule has 1 rings (SSSR count). The number of rotatable bonds is 7. The van der Waals surface area contributed by atoms with Gasteiger partial charge in [-0.2, -0.15) is 0 Å². The lowest BCUT2D eigenvalue weighted by atomic mass is 9.88. The van der Waals surface area contributed by atoms with E-state index in [1.165, 1.54) is 0 Å². The molecule has 0 aliphatic rings. The van der Waals surface area contributed by atoms with E-state index in [1.54, 1.807) is 19.2 Å². The maximum Gasteiger partial charge on any atom is 0.311 e. The Bertz CT molecular complexity index is 387. The van der Waals surface area contributed by atoms with Crippen LogP contribution in [0.3, 0.4) is 0 Å². The molecule has 4 heteroatoms. The van der Waals surface area contributed by atoms with Gasteiger partial charge in [-0.1, -0.05) is 32.0 Å². The maximum atomic E-state index is 11.3. The van der Waals surface area contributed by atoms with Gasteiger partial charge < -0.3 is 14.6 Å². The van der Waals surface area contributed by atoms with Crippen molar-refractivity contribution >= 4 is 5.97 Å². The highest BCUT2D eigenvalue weighted by molar-refractivity contribution is 5.77. The van der Waals surface area contributed by atoms with Crippen LogP contribution in [0.4, 0.5) is 0 Å². The van der Waals surface area contributed by atoms with Gasteiger partial charge in [-0.25, -0.2) is 0 Å². The molecule has 0 amide bonds. The maximum absolute atomic E-state index is 11.3. The fraction of sp³-hybridized carbons (Fsp3) is 0.500. The predicted octanol–water partition coefficient (Wildman–Crippen LogP) is 2.54. The molecule has 4 nitrogen and oxygen atoms in total. The van der Waals surface area contributed by atoms with Crippen LogP contribution < -0.4 is 4.74 Å². The quantitative estimate of drug-likeness (QED) is 0.758. The minimum absolute atomic E-state index is 0.00896. The molecule has 18 heavy (non-hydrogen) atoms. The molecule has 0 fully saturated rings. The summed E-state index contributed by atoms with van der Waals surface area (Å²) in [6.45, 7) is 4.68. The molecule has 0 saturated carbocycles. The zero-order valence-electron chi connectivity index (χ0n) is 11.1. The molecule has 0 saturated heterocycles. The number of hydrogen-bond acceptors (Lipinski definition) is 3. The van der Waals surface area contributed by atoms with Gasteiger partial charge >= 0.3 is 5.97 Å². The number of benzene rings is 1. The Hall–Kier alpha value is -1.55. The van der Waals surface area contributed by atoms with Crippen LogP contribution >= 0.6 is 0 Å². The van der Waals surface area contributed by atoms with E-state index in [4.69, 9.17) is 9.47 Å². The molecular weight excluding hydrogens is 232 g/mol. The van der Waals surface area contributed by atoms with Crippen LogP contribution in [-0.4, -0.2) is 31.4 Å². The molecule has 0 radical (unpaired) electrons. The molecule has 100 valence electrons. The Balaban J connectivity index is 2.95. The number of hydrogen-bond donors (Lipinski definition) is 1. The first-order valence-corrected chi connectivity index (χ1v) is 6.01. The second-order valence-electron chi connectivity index (χ2n) is 4.44. The van der Waals surface area contributed by atoms with Gasteiger partial charge in [0.25, 0.3) is 0 Å². The summed E-state index contributed by atoms with van der Waals surface area (Å²) in [5.41, 5.74) is 0.719. The van der Waals surface area contributed by atoms with E-state index < -0.39 is 11.9 Å². The number of aliphatic carboxylic acids is 1. The molecule has 0 bridgehead atoms. The molecule has 0 aliphatic heterocycles. The molecule has 1 aromatic carbocycles. The Kier molecular flexibility index (Phi) is 5.65. The third kappa shape index (κ3) is 3.74. The lowest BCUT2D eigenvalue weighted by Crippen LogP contribution is -2.19. The van der Waals surface area contributed by atoms with Crippen molar-refractivity contribution in [1.29, 1.82) is 0 Å². The van der Waals surface area contributed by atoms with Crippen LogP contribution in [0.2, 0.25) is 0 Å². The van der Waals surface area contributed by atoms with Gasteiger partial charge in [0.1, 0.15) is 12.4 Å². The minimum Gasteiger partial charge on any atom is -0.491 e. The Morgan fingerprint density at radius 3 is 2.50 bits per heavy atom. The van der Waals surface area contributed by atoms with Gasteiger partial charge in [0.15, 0.2) is 0 Å². The van der Waals surface area contributed by atoms with E-state index in [1.807, 2.05) is 26.0 Å². The third-order valence-corrected chi connectivity index (χ3v) is 2.73. The highest BCUT2D eigenvalue weighted by atomic mass is 16.5. The van der Waals surface area contributed by atoms with Crippen LogP contribution in [0.15, 0.2) is 24.3 Å². The first-order valence-electron chi connectivity index (χ1n) is 6.01. The summed E-state index contributed by atoms with van der Waals surface area (Å²) in [7, 11) is 1.60. The Morgan fingerprint density at radius 2 is 1.94 bits per heavy atom. The lowest BCUT2D eigenvalue weighted by Gasteiger charge is -2.20. The first-order chi connectivity index (χ1) is 8.57. The van der Waals surface area contributed by atoms with E-state index >= 15 is 0 Å². The summed E-state index contributed by atoms with van der Waals surface area (Å²) >= 11 is 0. The van der Waals surface area contributed by atoms with Gasteiger partial charge in [0.05, 0.1) is 12.5 Å². The molecule has 0 aromatic heterocycles. The standard InChI is InChI=1S/C14H20O4/c1-10(2)13(14(15)16)11-6-4-5-7-12(11)18-9-8-17-3/h4-7,10,13H,8-9H2,1-3H3,(H,15,16). The fourth-order valence-corrected chi connectivity index (χ4v) is 1.88. The van der Waals surface area contributed by atoms with Gasteiger partial charge in [-0.05, 0) is 12.0 Å². The monoisotopic (exact) mass is 252 g/mol. The topological polar surface area (TPSA) is 55.8 Å². The largest absolute Gasteiger partial charge is 0.491 e. The SMILES string of the molecule is COCCOc1ccccc1C(C(=O)O)C(C)C. The first kappa shape index (κ1) is 14.5. The average Bonchev–Trinajstić information content (AvgIpc) is 2.30. The van der Waals surface area contributed by atoms with Crippen molar-refractivity contribution in [3.05, 3.63) is 29.8 Å². The van der Waals surface area contributed by atoms with E-state index in [2.05, 4.69) is 0 Å². The molecule has 0 aliphatic carbocycles. The summed E-state index contributed by atoms with van der Waals surface area (Å²) < 4.78 is 10.5. The summed E-state index contributed by atoms with van der Waals surface area (Å²) in [5.74, 6) is -0.748. The molecule has 0 heterocycles. The Morgan fingerprint density at radius 1 is 1.28 bits per heavy atom. The van der Waals surface area contributed by atoms with Crippen LogP contribution in [0, 0.1) is 5.92 Å². The Labute approximate surface area is 108 Å². The van der Waals surface area contributed by atoms with E-state index in [0.717, 1.165) is 5.56 Å². The van der Waals surface area contributed by atoms with Crippen molar-refractivity contribution in [2.75, 3.05) is 20.3 Å². The van der Waals surface area contributed by atoms with E-state index in [0.29, 0.717) is 19.0 Å². The average molecular weight is 252 g/mol. The van der Waals surface area contributed by atoms with Gasteiger partial charge in [-0.15, -0.1) is 0 Å². The van der Waals surface area contributed by atoms with Crippen molar-refractivity contribution in [1.82, 2.24) is 0 Å². The zero-order chi connectivity index (χ0) is 13.5. The second kappa shape index (κ2) is 7.01. The van der Waals surface area contributed by atoms with Crippen LogP contribution in [0.25, 0.3) is 0 Å². The molecule has 1 N–H and O–H groups in total. The number of carboxylic acid groups (broad SMARTS) is 1. The lowest BCUT2D eigenvalue weighted by molar-refractivity contribution is -0.139. The smallest absolute Gasteiger partial charge is 0.311 e. The number of methoxy groups -OCH3 is 1. The van der Waals surface area contributed by atoms with Crippen LogP contribution in [0.5, 0.6) is 5.75 Å². The highest BCUT2D eigenvalue weighted by Crippen LogP contribution is 2.32.